The molecular weight excluding hydrogens is 290 g/mol. The van der Waals surface area contributed by atoms with Crippen LogP contribution in [0.25, 0.3) is 0 Å². The summed E-state index contributed by atoms with van der Waals surface area (Å²) in [6.45, 7) is 3.44. The highest BCUT2D eigenvalue weighted by atomic mass is 32.1. The number of ether oxygens (including phenoxy) is 1. The van der Waals surface area contributed by atoms with E-state index in [-0.39, 0.29) is 0 Å². The summed E-state index contributed by atoms with van der Waals surface area (Å²) in [7, 11) is 1.82. The lowest BCUT2D eigenvalue weighted by molar-refractivity contribution is 0.0508. The molecule has 21 heavy (non-hydrogen) atoms. The molecule has 0 spiro atoms. The molecule has 0 amide bonds. The van der Waals surface area contributed by atoms with Gasteiger partial charge in [0.2, 0.25) is 0 Å². The summed E-state index contributed by atoms with van der Waals surface area (Å²) in [4.78, 5) is 0. The number of thiol groups is 1. The van der Waals surface area contributed by atoms with Gasteiger partial charge in [0.1, 0.15) is 0 Å². The van der Waals surface area contributed by atoms with Crippen LogP contribution in [0.4, 0.5) is 8.78 Å². The van der Waals surface area contributed by atoms with Gasteiger partial charge in [-0.25, -0.2) is 0 Å². The molecule has 0 N–H and O–H groups in total. The van der Waals surface area contributed by atoms with Gasteiger partial charge < -0.3 is 4.74 Å². The lowest BCUT2D eigenvalue weighted by atomic mass is 9.93. The normalized spacial score (nSPS) is 22.5. The van der Waals surface area contributed by atoms with Crippen molar-refractivity contribution in [1.29, 1.82) is 0 Å². The van der Waals surface area contributed by atoms with Gasteiger partial charge in [-0.05, 0) is 25.2 Å². The Bertz CT molecular complexity index is 279. The zero-order valence-electron chi connectivity index (χ0n) is 13.2. The van der Waals surface area contributed by atoms with Crippen LogP contribution in [0.3, 0.4) is 0 Å². The fourth-order valence-corrected chi connectivity index (χ4v) is 3.50. The summed E-state index contributed by atoms with van der Waals surface area (Å²) in [6, 6.07) is 0. The Labute approximate surface area is 133 Å². The highest BCUT2D eigenvalue weighted by Gasteiger charge is 2.35. The number of hydrogen-bond acceptors (Lipinski definition) is 2. The second-order valence-corrected chi connectivity index (χ2v) is 6.91. The van der Waals surface area contributed by atoms with Gasteiger partial charge in [0, 0.05) is 7.11 Å². The standard InChI is InChI=1S/C10H16F2S.C7H14O/c1-2-9(10(11,12)13)7-8-5-3-4-6-8;1-8-7-5-3-2-4-6-7/h2,8-9,13H,1,3-7H2;7H,2-6H2,1H3. The van der Waals surface area contributed by atoms with Crippen LogP contribution in [0.5, 0.6) is 0 Å². The van der Waals surface area contributed by atoms with Gasteiger partial charge in [0.15, 0.2) is 0 Å². The number of halogens is 2. The molecule has 0 bridgehead atoms. The molecule has 1 nitrogen and oxygen atoms in total. The van der Waals surface area contributed by atoms with Gasteiger partial charge in [-0.2, -0.15) is 8.78 Å². The van der Waals surface area contributed by atoms with Crippen molar-refractivity contribution in [3.63, 3.8) is 0 Å². The van der Waals surface area contributed by atoms with E-state index in [1.54, 1.807) is 0 Å². The Morgan fingerprint density at radius 3 is 2.05 bits per heavy atom. The van der Waals surface area contributed by atoms with E-state index in [2.05, 4.69) is 19.2 Å². The molecule has 1 unspecified atom stereocenters. The average molecular weight is 320 g/mol. The molecule has 2 saturated carbocycles. The molecule has 0 aromatic rings. The molecule has 0 radical (unpaired) electrons. The van der Waals surface area contributed by atoms with E-state index in [0.717, 1.165) is 12.8 Å². The fourth-order valence-electron chi connectivity index (χ4n) is 3.29. The number of hydrogen-bond donors (Lipinski definition) is 1. The van der Waals surface area contributed by atoms with Gasteiger partial charge in [0.05, 0.1) is 12.0 Å². The molecule has 0 saturated heterocycles. The summed E-state index contributed by atoms with van der Waals surface area (Å²) in [5.41, 5.74) is 0. The summed E-state index contributed by atoms with van der Waals surface area (Å²) in [5.74, 6) is -0.306. The lowest BCUT2D eigenvalue weighted by Gasteiger charge is -2.22. The topological polar surface area (TPSA) is 9.23 Å². The predicted octanol–water partition coefficient (Wildman–Crippen LogP) is 5.86. The minimum Gasteiger partial charge on any atom is -0.381 e. The fraction of sp³-hybridized carbons (Fsp3) is 0.882. The maximum Gasteiger partial charge on any atom is 0.297 e. The first-order valence-corrected chi connectivity index (χ1v) is 8.67. The first-order valence-electron chi connectivity index (χ1n) is 8.23. The second kappa shape index (κ2) is 9.83. The van der Waals surface area contributed by atoms with E-state index in [1.165, 1.54) is 51.0 Å². The van der Waals surface area contributed by atoms with Crippen molar-refractivity contribution in [3.8, 4) is 0 Å². The quantitative estimate of drug-likeness (QED) is 0.493. The van der Waals surface area contributed by atoms with Crippen molar-refractivity contribution < 1.29 is 13.5 Å². The van der Waals surface area contributed by atoms with Crippen molar-refractivity contribution in [2.75, 3.05) is 7.11 Å². The van der Waals surface area contributed by atoms with Gasteiger partial charge in [-0.3, -0.25) is 0 Å². The molecule has 0 aromatic carbocycles. The maximum atomic E-state index is 12.8. The molecule has 0 heterocycles. The molecule has 2 aliphatic rings. The molecule has 2 rings (SSSR count). The molecule has 4 heteroatoms. The van der Waals surface area contributed by atoms with Crippen LogP contribution in [0, 0.1) is 11.8 Å². The van der Waals surface area contributed by atoms with Crippen molar-refractivity contribution in [3.05, 3.63) is 12.7 Å². The predicted molar refractivity (Wildman–Crippen MR) is 88.1 cm³/mol. The summed E-state index contributed by atoms with van der Waals surface area (Å²) < 4.78 is 30.9. The smallest absolute Gasteiger partial charge is 0.297 e. The molecule has 2 aliphatic carbocycles. The van der Waals surface area contributed by atoms with Gasteiger partial charge in [-0.1, -0.05) is 51.0 Å². The highest BCUT2D eigenvalue weighted by Crippen LogP contribution is 2.38. The number of rotatable bonds is 5. The molecule has 0 aromatic heterocycles. The summed E-state index contributed by atoms with van der Waals surface area (Å²) >= 11 is 3.30. The minimum atomic E-state index is -2.90. The van der Waals surface area contributed by atoms with E-state index in [9.17, 15) is 8.78 Å². The van der Waals surface area contributed by atoms with Crippen LogP contribution in [0.2, 0.25) is 0 Å². The average Bonchev–Trinajstić information content (AvgIpc) is 2.98. The van der Waals surface area contributed by atoms with Crippen LogP contribution in [-0.2, 0) is 4.74 Å². The third-order valence-corrected chi connectivity index (χ3v) is 5.01. The van der Waals surface area contributed by atoms with Crippen molar-refractivity contribution in [2.24, 2.45) is 11.8 Å². The SMILES string of the molecule is C=CC(CC1CCCC1)C(F)(F)S.COC1CCCCC1. The van der Waals surface area contributed by atoms with Crippen molar-refractivity contribution in [2.45, 2.75) is 75.6 Å². The van der Waals surface area contributed by atoms with Crippen LogP contribution in [0.1, 0.15) is 64.2 Å². The van der Waals surface area contributed by atoms with Gasteiger partial charge >= 0.3 is 0 Å². The van der Waals surface area contributed by atoms with Crippen LogP contribution in [0.15, 0.2) is 12.7 Å². The first kappa shape index (κ1) is 19.0. The minimum absolute atomic E-state index is 0.459. The van der Waals surface area contributed by atoms with Gasteiger partial charge in [0.25, 0.3) is 5.25 Å². The van der Waals surface area contributed by atoms with E-state index in [1.807, 2.05) is 7.11 Å². The Morgan fingerprint density at radius 2 is 1.67 bits per heavy atom. The number of alkyl halides is 2. The third kappa shape index (κ3) is 7.64. The zero-order chi connectivity index (χ0) is 15.7. The third-order valence-electron chi connectivity index (χ3n) is 4.68. The summed E-state index contributed by atoms with van der Waals surface area (Å²) in [5, 5.41) is -2.90. The van der Waals surface area contributed by atoms with E-state index < -0.39 is 11.2 Å². The largest absolute Gasteiger partial charge is 0.381 e. The number of allylic oxidation sites excluding steroid dienone is 1. The Balaban J connectivity index is 0.000000235. The molecule has 124 valence electrons. The molecule has 0 aliphatic heterocycles. The lowest BCUT2D eigenvalue weighted by Crippen LogP contribution is -2.21. The Morgan fingerprint density at radius 1 is 1.14 bits per heavy atom. The Hall–Kier alpha value is -0.0900. The Kier molecular flexibility index (Phi) is 8.88. The van der Waals surface area contributed by atoms with Crippen LogP contribution < -0.4 is 0 Å². The first-order chi connectivity index (χ1) is 9.97. The zero-order valence-corrected chi connectivity index (χ0v) is 14.1. The van der Waals surface area contributed by atoms with E-state index in [4.69, 9.17) is 4.74 Å². The van der Waals surface area contributed by atoms with Gasteiger partial charge in [-0.15, -0.1) is 19.2 Å². The van der Waals surface area contributed by atoms with E-state index in [0.29, 0.717) is 18.4 Å². The monoisotopic (exact) mass is 320 g/mol. The maximum absolute atomic E-state index is 12.8. The van der Waals surface area contributed by atoms with Crippen molar-refractivity contribution in [1.82, 2.24) is 0 Å². The summed E-state index contributed by atoms with van der Waals surface area (Å²) in [6.07, 6.45) is 13.8. The highest BCUT2D eigenvalue weighted by molar-refractivity contribution is 7.81. The van der Waals surface area contributed by atoms with Crippen molar-refractivity contribution >= 4 is 12.6 Å². The second-order valence-electron chi connectivity index (χ2n) is 6.31. The molecule has 2 fully saturated rings. The molecular formula is C17H30F2OS. The van der Waals surface area contributed by atoms with Crippen LogP contribution >= 0.6 is 12.6 Å². The van der Waals surface area contributed by atoms with Crippen LogP contribution in [-0.4, -0.2) is 18.5 Å². The van der Waals surface area contributed by atoms with E-state index >= 15 is 0 Å². The number of methoxy groups -OCH3 is 1. The molecule has 1 atom stereocenters.